The molecule has 1 aliphatic carbocycles. The summed E-state index contributed by atoms with van der Waals surface area (Å²) in [5.41, 5.74) is 0. The third-order valence-electron chi connectivity index (χ3n) is 2.51. The van der Waals surface area contributed by atoms with Gasteiger partial charge in [-0.15, -0.1) is 0 Å². The minimum absolute atomic E-state index is 0.241. The lowest BCUT2D eigenvalue weighted by Crippen LogP contribution is -2.33. The molecule has 0 heterocycles. The molecule has 0 bridgehead atoms. The molecule has 0 atom stereocenters. The Balaban J connectivity index is 1.78. The van der Waals surface area contributed by atoms with Crippen LogP contribution in [0.25, 0.3) is 0 Å². The van der Waals surface area contributed by atoms with Crippen molar-refractivity contribution in [3.8, 4) is 0 Å². The maximum Gasteiger partial charge on any atom is 0.223 e. The molecule has 1 saturated carbocycles. The second-order valence-electron chi connectivity index (χ2n) is 4.47. The van der Waals surface area contributed by atoms with Crippen molar-refractivity contribution in [3.63, 3.8) is 0 Å². The van der Waals surface area contributed by atoms with E-state index in [4.69, 9.17) is 0 Å². The van der Waals surface area contributed by atoms with Crippen molar-refractivity contribution >= 4 is 5.91 Å². The van der Waals surface area contributed by atoms with Crippen LogP contribution in [0.15, 0.2) is 0 Å². The SMILES string of the molecule is CN(C)CCCNCCNC(=O)C1CC1. The van der Waals surface area contributed by atoms with Gasteiger partial charge < -0.3 is 15.5 Å². The maximum absolute atomic E-state index is 11.2. The van der Waals surface area contributed by atoms with E-state index in [1.54, 1.807) is 0 Å². The molecule has 15 heavy (non-hydrogen) atoms. The number of carbonyl (C=O) groups is 1. The second kappa shape index (κ2) is 6.80. The highest BCUT2D eigenvalue weighted by Gasteiger charge is 2.28. The maximum atomic E-state index is 11.2. The molecule has 1 fully saturated rings. The highest BCUT2D eigenvalue weighted by atomic mass is 16.2. The standard InChI is InChI=1S/C11H23N3O/c1-14(2)9-3-6-12-7-8-13-11(15)10-4-5-10/h10,12H,3-9H2,1-2H3,(H,13,15). The molecule has 1 amide bonds. The van der Waals surface area contributed by atoms with Gasteiger partial charge in [0, 0.05) is 19.0 Å². The van der Waals surface area contributed by atoms with Crippen molar-refractivity contribution in [2.24, 2.45) is 5.92 Å². The number of hydrogen-bond acceptors (Lipinski definition) is 3. The van der Waals surface area contributed by atoms with E-state index in [9.17, 15) is 4.79 Å². The lowest BCUT2D eigenvalue weighted by Gasteiger charge is -2.10. The highest BCUT2D eigenvalue weighted by Crippen LogP contribution is 2.28. The first-order chi connectivity index (χ1) is 7.20. The van der Waals surface area contributed by atoms with Crippen LogP contribution in [0.1, 0.15) is 19.3 Å². The van der Waals surface area contributed by atoms with Crippen molar-refractivity contribution < 1.29 is 4.79 Å². The Hall–Kier alpha value is -0.610. The van der Waals surface area contributed by atoms with Gasteiger partial charge in [-0.25, -0.2) is 0 Å². The topological polar surface area (TPSA) is 44.4 Å². The van der Waals surface area contributed by atoms with Crippen LogP contribution in [0, 0.1) is 5.92 Å². The fourth-order valence-electron chi connectivity index (χ4n) is 1.41. The van der Waals surface area contributed by atoms with Crippen molar-refractivity contribution in [2.45, 2.75) is 19.3 Å². The second-order valence-corrected chi connectivity index (χ2v) is 4.47. The Morgan fingerprint density at radius 3 is 2.60 bits per heavy atom. The molecule has 0 radical (unpaired) electrons. The van der Waals surface area contributed by atoms with Gasteiger partial charge >= 0.3 is 0 Å². The fourth-order valence-corrected chi connectivity index (χ4v) is 1.41. The van der Waals surface area contributed by atoms with Gasteiger partial charge in [0.15, 0.2) is 0 Å². The molecular weight excluding hydrogens is 190 g/mol. The summed E-state index contributed by atoms with van der Waals surface area (Å²) in [5.74, 6) is 0.573. The predicted molar refractivity (Wildman–Crippen MR) is 61.8 cm³/mol. The van der Waals surface area contributed by atoms with E-state index in [0.29, 0.717) is 5.92 Å². The Kier molecular flexibility index (Phi) is 5.65. The molecule has 2 N–H and O–H groups in total. The molecule has 1 rings (SSSR count). The summed E-state index contributed by atoms with van der Waals surface area (Å²) in [6, 6.07) is 0. The summed E-state index contributed by atoms with van der Waals surface area (Å²) < 4.78 is 0. The van der Waals surface area contributed by atoms with E-state index in [-0.39, 0.29) is 5.91 Å². The van der Waals surface area contributed by atoms with E-state index >= 15 is 0 Å². The summed E-state index contributed by atoms with van der Waals surface area (Å²) in [7, 11) is 4.16. The van der Waals surface area contributed by atoms with Gasteiger partial charge in [-0.05, 0) is 46.4 Å². The van der Waals surface area contributed by atoms with Gasteiger partial charge in [-0.1, -0.05) is 0 Å². The molecule has 0 saturated heterocycles. The first-order valence-corrected chi connectivity index (χ1v) is 5.83. The van der Waals surface area contributed by atoms with E-state index < -0.39 is 0 Å². The zero-order valence-corrected chi connectivity index (χ0v) is 9.88. The van der Waals surface area contributed by atoms with Crippen LogP contribution in [0.5, 0.6) is 0 Å². The monoisotopic (exact) mass is 213 g/mol. The first kappa shape index (κ1) is 12.5. The largest absolute Gasteiger partial charge is 0.355 e. The molecule has 88 valence electrons. The Morgan fingerprint density at radius 2 is 2.00 bits per heavy atom. The van der Waals surface area contributed by atoms with Crippen molar-refractivity contribution in [2.75, 3.05) is 40.3 Å². The number of hydrogen-bond donors (Lipinski definition) is 2. The van der Waals surface area contributed by atoms with Crippen LogP contribution < -0.4 is 10.6 Å². The summed E-state index contributed by atoms with van der Waals surface area (Å²) in [6.07, 6.45) is 3.33. The molecule has 4 heteroatoms. The molecule has 0 aliphatic heterocycles. The first-order valence-electron chi connectivity index (χ1n) is 5.83. The van der Waals surface area contributed by atoms with Crippen LogP contribution in [0.2, 0.25) is 0 Å². The van der Waals surface area contributed by atoms with Gasteiger partial charge in [0.25, 0.3) is 0 Å². The minimum atomic E-state index is 0.241. The van der Waals surface area contributed by atoms with Crippen molar-refractivity contribution in [3.05, 3.63) is 0 Å². The molecule has 0 spiro atoms. The normalized spacial score (nSPS) is 15.7. The molecule has 1 aliphatic rings. The predicted octanol–water partition coefficient (Wildman–Crippen LogP) is 0.0539. The van der Waals surface area contributed by atoms with Gasteiger partial charge in [-0.3, -0.25) is 4.79 Å². The number of nitrogens with one attached hydrogen (secondary N) is 2. The quantitative estimate of drug-likeness (QED) is 0.560. The summed E-state index contributed by atoms with van der Waals surface area (Å²) >= 11 is 0. The zero-order valence-electron chi connectivity index (χ0n) is 9.88. The molecule has 0 unspecified atom stereocenters. The molecule has 0 aromatic heterocycles. The van der Waals surface area contributed by atoms with Gasteiger partial charge in [0.05, 0.1) is 0 Å². The fraction of sp³-hybridized carbons (Fsp3) is 0.909. The lowest BCUT2D eigenvalue weighted by atomic mass is 10.4. The van der Waals surface area contributed by atoms with Crippen molar-refractivity contribution in [1.29, 1.82) is 0 Å². The van der Waals surface area contributed by atoms with Gasteiger partial charge in [0.2, 0.25) is 5.91 Å². The molecule has 0 aromatic carbocycles. The van der Waals surface area contributed by atoms with E-state index in [1.807, 2.05) is 0 Å². The van der Waals surface area contributed by atoms with Crippen LogP contribution in [0.4, 0.5) is 0 Å². The van der Waals surface area contributed by atoms with Crippen LogP contribution in [-0.2, 0) is 4.79 Å². The average molecular weight is 213 g/mol. The van der Waals surface area contributed by atoms with Crippen LogP contribution in [0.3, 0.4) is 0 Å². The van der Waals surface area contributed by atoms with Gasteiger partial charge in [0.1, 0.15) is 0 Å². The van der Waals surface area contributed by atoms with Gasteiger partial charge in [-0.2, -0.15) is 0 Å². The molecular formula is C11H23N3O. The number of amides is 1. The average Bonchev–Trinajstić information content (AvgIpc) is 2.98. The van der Waals surface area contributed by atoms with E-state index in [1.165, 1.54) is 0 Å². The third kappa shape index (κ3) is 6.47. The van der Waals surface area contributed by atoms with Crippen molar-refractivity contribution in [1.82, 2.24) is 15.5 Å². The van der Waals surface area contributed by atoms with Crippen LogP contribution >= 0.6 is 0 Å². The number of rotatable bonds is 8. The number of nitrogens with zero attached hydrogens (tertiary/aromatic N) is 1. The summed E-state index contributed by atoms with van der Waals surface area (Å²) in [5, 5.41) is 6.25. The van der Waals surface area contributed by atoms with E-state index in [2.05, 4.69) is 29.6 Å². The molecule has 4 nitrogen and oxygen atoms in total. The number of carbonyl (C=O) groups excluding carboxylic acids is 1. The molecule has 0 aromatic rings. The van der Waals surface area contributed by atoms with E-state index in [0.717, 1.165) is 45.4 Å². The summed E-state index contributed by atoms with van der Waals surface area (Å²) in [6.45, 7) is 3.78. The Bertz CT molecular complexity index is 190. The Labute approximate surface area is 92.4 Å². The minimum Gasteiger partial charge on any atom is -0.355 e. The van der Waals surface area contributed by atoms with Crippen LogP contribution in [-0.4, -0.2) is 51.1 Å². The lowest BCUT2D eigenvalue weighted by molar-refractivity contribution is -0.122. The third-order valence-corrected chi connectivity index (χ3v) is 2.51. The Morgan fingerprint density at radius 1 is 1.27 bits per heavy atom. The smallest absolute Gasteiger partial charge is 0.223 e. The highest BCUT2D eigenvalue weighted by molar-refractivity contribution is 5.80. The summed E-state index contributed by atoms with van der Waals surface area (Å²) in [4.78, 5) is 13.4. The zero-order chi connectivity index (χ0) is 11.1.